The molecule has 2 heterocycles. The van der Waals surface area contributed by atoms with Crippen LogP contribution in [0.3, 0.4) is 0 Å². The molecule has 0 saturated carbocycles. The van der Waals surface area contributed by atoms with Crippen molar-refractivity contribution in [3.63, 3.8) is 0 Å². The Labute approximate surface area is 136 Å². The molecule has 1 saturated heterocycles. The van der Waals surface area contributed by atoms with E-state index in [1.54, 1.807) is 11.1 Å². The number of amides is 1. The number of hydrogen-bond donors (Lipinski definition) is 1. The largest absolute Gasteiger partial charge is 0.444 e. The van der Waals surface area contributed by atoms with Crippen LogP contribution in [0.4, 0.5) is 4.79 Å². The van der Waals surface area contributed by atoms with Gasteiger partial charge in [0.25, 0.3) is 0 Å². The fraction of sp³-hybridized carbons (Fsp3) is 0.667. The first-order valence-electron chi connectivity index (χ1n) is 7.52. The fourth-order valence-corrected chi connectivity index (χ4v) is 2.47. The summed E-state index contributed by atoms with van der Waals surface area (Å²) in [7, 11) is 0. The minimum absolute atomic E-state index is 0.228. The number of piperidine rings is 1. The maximum Gasteiger partial charge on any atom is 0.410 e. The van der Waals surface area contributed by atoms with Crippen LogP contribution in [0.25, 0.3) is 0 Å². The van der Waals surface area contributed by atoms with E-state index in [2.05, 4.69) is 15.3 Å². The van der Waals surface area contributed by atoms with E-state index in [0.717, 1.165) is 18.5 Å². The summed E-state index contributed by atoms with van der Waals surface area (Å²) in [5, 5.41) is 3.71. The molecule has 0 aromatic carbocycles. The van der Waals surface area contributed by atoms with Crippen molar-refractivity contribution >= 4 is 17.7 Å². The lowest BCUT2D eigenvalue weighted by Crippen LogP contribution is -2.46. The van der Waals surface area contributed by atoms with Gasteiger partial charge in [0.15, 0.2) is 0 Å². The van der Waals surface area contributed by atoms with E-state index in [1.807, 2.05) is 26.8 Å². The SMILES string of the molecule is CC(C)(C)OC(=O)N1CCC(NCc2ccnc(Cl)n2)CC1. The molecule has 1 aliphatic rings. The van der Waals surface area contributed by atoms with Gasteiger partial charge in [-0.3, -0.25) is 0 Å². The summed E-state index contributed by atoms with van der Waals surface area (Å²) >= 11 is 5.76. The van der Waals surface area contributed by atoms with Gasteiger partial charge in [0, 0.05) is 31.9 Å². The summed E-state index contributed by atoms with van der Waals surface area (Å²) in [5.41, 5.74) is 0.424. The van der Waals surface area contributed by atoms with Crippen molar-refractivity contribution in [2.24, 2.45) is 0 Å². The van der Waals surface area contributed by atoms with Crippen molar-refractivity contribution in [3.05, 3.63) is 23.2 Å². The van der Waals surface area contributed by atoms with E-state index in [1.165, 1.54) is 0 Å². The normalized spacial score (nSPS) is 16.6. The first-order chi connectivity index (χ1) is 10.3. The van der Waals surface area contributed by atoms with Crippen LogP contribution in [0, 0.1) is 0 Å². The summed E-state index contributed by atoms with van der Waals surface area (Å²) in [6.07, 6.45) is 3.22. The van der Waals surface area contributed by atoms with Crippen LogP contribution in [0.5, 0.6) is 0 Å². The van der Waals surface area contributed by atoms with E-state index >= 15 is 0 Å². The Balaban J connectivity index is 1.74. The van der Waals surface area contributed by atoms with Crippen molar-refractivity contribution in [1.29, 1.82) is 0 Å². The molecule has 1 N–H and O–H groups in total. The van der Waals surface area contributed by atoms with E-state index in [-0.39, 0.29) is 11.4 Å². The summed E-state index contributed by atoms with van der Waals surface area (Å²) in [6.45, 7) is 7.71. The third kappa shape index (κ3) is 5.42. The predicted octanol–water partition coefficient (Wildman–Crippen LogP) is 2.62. The minimum atomic E-state index is -0.446. The molecular formula is C15H23ClN4O2. The molecule has 1 amide bonds. The highest BCUT2D eigenvalue weighted by atomic mass is 35.5. The first kappa shape index (κ1) is 17.0. The smallest absolute Gasteiger partial charge is 0.410 e. The Hall–Kier alpha value is -1.40. The van der Waals surface area contributed by atoms with Gasteiger partial charge in [-0.2, -0.15) is 0 Å². The molecule has 0 spiro atoms. The maximum absolute atomic E-state index is 12.0. The summed E-state index contributed by atoms with van der Waals surface area (Å²) in [5.74, 6) is 0. The molecule has 2 rings (SSSR count). The minimum Gasteiger partial charge on any atom is -0.444 e. The molecule has 1 aromatic rings. The maximum atomic E-state index is 12.0. The number of nitrogens with one attached hydrogen (secondary N) is 1. The number of halogens is 1. The van der Waals surface area contributed by atoms with Crippen LogP contribution in [-0.2, 0) is 11.3 Å². The number of aromatic nitrogens is 2. The summed E-state index contributed by atoms with van der Waals surface area (Å²) in [6, 6.07) is 2.21. The van der Waals surface area contributed by atoms with Gasteiger partial charge >= 0.3 is 6.09 Å². The fourth-order valence-electron chi connectivity index (χ4n) is 2.31. The lowest BCUT2D eigenvalue weighted by molar-refractivity contribution is 0.0198. The molecule has 0 atom stereocenters. The molecule has 0 radical (unpaired) electrons. The Bertz CT molecular complexity index is 511. The average Bonchev–Trinajstić information content (AvgIpc) is 2.44. The van der Waals surface area contributed by atoms with Gasteiger partial charge in [0.1, 0.15) is 5.60 Å². The van der Waals surface area contributed by atoms with Gasteiger partial charge in [-0.25, -0.2) is 14.8 Å². The predicted molar refractivity (Wildman–Crippen MR) is 84.7 cm³/mol. The standard InChI is InChI=1S/C15H23ClN4O2/c1-15(2,3)22-14(21)20-8-5-11(6-9-20)18-10-12-4-7-17-13(16)19-12/h4,7,11,18H,5-6,8-10H2,1-3H3. The van der Waals surface area contributed by atoms with Gasteiger partial charge < -0.3 is 15.0 Å². The lowest BCUT2D eigenvalue weighted by atomic mass is 10.1. The van der Waals surface area contributed by atoms with Crippen molar-refractivity contribution in [2.75, 3.05) is 13.1 Å². The first-order valence-corrected chi connectivity index (χ1v) is 7.90. The molecule has 0 bridgehead atoms. The molecule has 1 fully saturated rings. The van der Waals surface area contributed by atoms with E-state index in [0.29, 0.717) is 25.7 Å². The zero-order valence-corrected chi connectivity index (χ0v) is 14.1. The Kier molecular flexibility index (Phi) is 5.58. The lowest BCUT2D eigenvalue weighted by Gasteiger charge is -2.33. The second-order valence-electron chi connectivity index (χ2n) is 6.44. The van der Waals surface area contributed by atoms with Crippen LogP contribution in [0.15, 0.2) is 12.3 Å². The van der Waals surface area contributed by atoms with Crippen molar-refractivity contribution in [1.82, 2.24) is 20.2 Å². The van der Waals surface area contributed by atoms with Gasteiger partial charge in [0.05, 0.1) is 5.69 Å². The molecular weight excluding hydrogens is 304 g/mol. The van der Waals surface area contributed by atoms with Crippen LogP contribution < -0.4 is 5.32 Å². The van der Waals surface area contributed by atoms with Crippen molar-refractivity contribution in [2.45, 2.75) is 51.8 Å². The molecule has 0 aliphatic carbocycles. The van der Waals surface area contributed by atoms with E-state index < -0.39 is 5.60 Å². The van der Waals surface area contributed by atoms with Crippen molar-refractivity contribution in [3.8, 4) is 0 Å². The van der Waals surface area contributed by atoms with Gasteiger partial charge in [0.2, 0.25) is 5.28 Å². The number of nitrogens with zero attached hydrogens (tertiary/aromatic N) is 3. The van der Waals surface area contributed by atoms with Crippen LogP contribution >= 0.6 is 11.6 Å². The number of carbonyl (C=O) groups excluding carboxylic acids is 1. The molecule has 6 nitrogen and oxygen atoms in total. The molecule has 1 aromatic heterocycles. The van der Waals surface area contributed by atoms with E-state index in [9.17, 15) is 4.79 Å². The van der Waals surface area contributed by atoms with Crippen LogP contribution in [0.2, 0.25) is 5.28 Å². The van der Waals surface area contributed by atoms with Crippen LogP contribution in [-0.4, -0.2) is 45.7 Å². The quantitative estimate of drug-likeness (QED) is 0.865. The highest BCUT2D eigenvalue weighted by molar-refractivity contribution is 6.28. The number of likely N-dealkylation sites (tertiary alicyclic amines) is 1. The number of ether oxygens (including phenoxy) is 1. The molecule has 7 heteroatoms. The van der Waals surface area contributed by atoms with Crippen molar-refractivity contribution < 1.29 is 9.53 Å². The zero-order chi connectivity index (χ0) is 16.2. The monoisotopic (exact) mass is 326 g/mol. The van der Waals surface area contributed by atoms with Crippen LogP contribution in [0.1, 0.15) is 39.3 Å². The van der Waals surface area contributed by atoms with Gasteiger partial charge in [-0.1, -0.05) is 0 Å². The summed E-state index contributed by atoms with van der Waals surface area (Å²) in [4.78, 5) is 21.8. The second-order valence-corrected chi connectivity index (χ2v) is 6.78. The molecule has 22 heavy (non-hydrogen) atoms. The molecule has 1 aliphatic heterocycles. The topological polar surface area (TPSA) is 67.3 Å². The highest BCUT2D eigenvalue weighted by Gasteiger charge is 2.26. The Morgan fingerprint density at radius 3 is 2.73 bits per heavy atom. The Morgan fingerprint density at radius 2 is 2.14 bits per heavy atom. The average molecular weight is 327 g/mol. The number of rotatable bonds is 3. The number of hydrogen-bond acceptors (Lipinski definition) is 5. The summed E-state index contributed by atoms with van der Waals surface area (Å²) < 4.78 is 5.39. The zero-order valence-electron chi connectivity index (χ0n) is 13.3. The molecule has 122 valence electrons. The number of carbonyl (C=O) groups is 1. The van der Waals surface area contributed by atoms with Gasteiger partial charge in [-0.05, 0) is 51.3 Å². The Morgan fingerprint density at radius 1 is 1.45 bits per heavy atom. The third-order valence-corrected chi connectivity index (χ3v) is 3.58. The van der Waals surface area contributed by atoms with Gasteiger partial charge in [-0.15, -0.1) is 0 Å². The van der Waals surface area contributed by atoms with E-state index in [4.69, 9.17) is 16.3 Å². The third-order valence-electron chi connectivity index (χ3n) is 3.40. The highest BCUT2D eigenvalue weighted by Crippen LogP contribution is 2.15. The second kappa shape index (κ2) is 7.24. The molecule has 0 unspecified atom stereocenters.